The Hall–Kier alpha value is -0.770. The number of fused-ring (bicyclic) bond motifs is 2. The highest BCUT2D eigenvalue weighted by Crippen LogP contribution is 2.69. The van der Waals surface area contributed by atoms with Crippen LogP contribution in [0.2, 0.25) is 0 Å². The minimum absolute atomic E-state index is 0.222. The molecule has 0 saturated heterocycles. The van der Waals surface area contributed by atoms with Crippen molar-refractivity contribution in [3.05, 3.63) is 65.7 Å². The Morgan fingerprint density at radius 1 is 1.05 bits per heavy atom. The standard InChI is InChI=1S/C16H13BrOS/c17-15-10-14(15)19-13-9-5-4-8-12(13)16(15,18)11-6-2-1-3-7-11/h1-9,14,18H,10H2. The van der Waals surface area contributed by atoms with Crippen LogP contribution in [0.4, 0.5) is 0 Å². The largest absolute Gasteiger partial charge is 0.379 e. The van der Waals surface area contributed by atoms with Gasteiger partial charge in [0.15, 0.2) is 0 Å². The Bertz CT molecular complexity index is 644. The minimum atomic E-state index is -0.930. The van der Waals surface area contributed by atoms with Crippen molar-refractivity contribution >= 4 is 27.7 Å². The van der Waals surface area contributed by atoms with Crippen LogP contribution < -0.4 is 0 Å². The van der Waals surface area contributed by atoms with Gasteiger partial charge in [0, 0.05) is 15.7 Å². The minimum Gasteiger partial charge on any atom is -0.379 e. The zero-order chi connectivity index (χ0) is 13.1. The van der Waals surface area contributed by atoms with Gasteiger partial charge >= 0.3 is 0 Å². The van der Waals surface area contributed by atoms with Gasteiger partial charge in [-0.2, -0.15) is 0 Å². The number of alkyl halides is 1. The van der Waals surface area contributed by atoms with Gasteiger partial charge in [-0.1, -0.05) is 64.5 Å². The average Bonchev–Trinajstić information content (AvgIpc) is 3.12. The second kappa shape index (κ2) is 3.87. The summed E-state index contributed by atoms with van der Waals surface area (Å²) in [5.74, 6) is 0. The van der Waals surface area contributed by atoms with E-state index in [9.17, 15) is 5.11 Å². The molecule has 1 heterocycles. The molecule has 96 valence electrons. The highest BCUT2D eigenvalue weighted by molar-refractivity contribution is 9.10. The first-order chi connectivity index (χ1) is 9.16. The molecule has 0 aromatic heterocycles. The lowest BCUT2D eigenvalue weighted by atomic mass is 9.81. The number of benzene rings is 2. The van der Waals surface area contributed by atoms with Crippen LogP contribution in [-0.2, 0) is 5.60 Å². The number of aliphatic hydroxyl groups is 1. The van der Waals surface area contributed by atoms with Crippen LogP contribution in [0, 0.1) is 0 Å². The second-order valence-electron chi connectivity index (χ2n) is 5.25. The molecule has 1 aliphatic heterocycles. The molecule has 3 atom stereocenters. The predicted octanol–water partition coefficient (Wildman–Crippen LogP) is 3.93. The third kappa shape index (κ3) is 1.47. The van der Waals surface area contributed by atoms with Gasteiger partial charge in [0.2, 0.25) is 0 Å². The van der Waals surface area contributed by atoms with Crippen LogP contribution in [0.5, 0.6) is 0 Å². The fourth-order valence-corrected chi connectivity index (χ4v) is 5.82. The molecule has 2 aliphatic rings. The molecule has 3 heteroatoms. The summed E-state index contributed by atoms with van der Waals surface area (Å²) in [7, 11) is 0. The molecule has 1 aliphatic carbocycles. The van der Waals surface area contributed by atoms with Gasteiger partial charge in [-0.15, -0.1) is 11.8 Å². The third-order valence-electron chi connectivity index (χ3n) is 4.17. The van der Waals surface area contributed by atoms with Gasteiger partial charge in [-0.05, 0) is 18.1 Å². The monoisotopic (exact) mass is 332 g/mol. The van der Waals surface area contributed by atoms with Crippen LogP contribution in [0.15, 0.2) is 59.5 Å². The van der Waals surface area contributed by atoms with Gasteiger partial charge in [-0.3, -0.25) is 0 Å². The van der Waals surface area contributed by atoms with E-state index < -0.39 is 5.60 Å². The van der Waals surface area contributed by atoms with E-state index in [0.29, 0.717) is 5.25 Å². The lowest BCUT2D eigenvalue weighted by Gasteiger charge is -2.39. The maximum Gasteiger partial charge on any atom is 0.132 e. The second-order valence-corrected chi connectivity index (χ2v) is 7.91. The fraction of sp³-hybridized carbons (Fsp3) is 0.250. The molecule has 0 radical (unpaired) electrons. The summed E-state index contributed by atoms with van der Waals surface area (Å²) in [5, 5.41) is 12.0. The van der Waals surface area contributed by atoms with Gasteiger partial charge < -0.3 is 5.11 Å². The van der Waals surface area contributed by atoms with E-state index in [0.717, 1.165) is 17.5 Å². The van der Waals surface area contributed by atoms with Crippen molar-refractivity contribution in [2.24, 2.45) is 0 Å². The first-order valence-electron chi connectivity index (χ1n) is 6.39. The molecule has 3 unspecified atom stereocenters. The predicted molar refractivity (Wildman–Crippen MR) is 81.8 cm³/mol. The van der Waals surface area contributed by atoms with Crippen molar-refractivity contribution in [2.75, 3.05) is 0 Å². The molecule has 0 amide bonds. The number of hydrogen-bond acceptors (Lipinski definition) is 2. The van der Waals surface area contributed by atoms with Gasteiger partial charge in [0.05, 0.1) is 4.32 Å². The lowest BCUT2D eigenvalue weighted by molar-refractivity contribution is 0.0686. The number of rotatable bonds is 1. The molecule has 0 bridgehead atoms. The molecular weight excluding hydrogens is 320 g/mol. The van der Waals surface area contributed by atoms with Crippen LogP contribution in [0.1, 0.15) is 17.5 Å². The maximum atomic E-state index is 11.5. The smallest absolute Gasteiger partial charge is 0.132 e. The van der Waals surface area contributed by atoms with Crippen LogP contribution in [0.25, 0.3) is 0 Å². The van der Waals surface area contributed by atoms with Crippen LogP contribution in [0.3, 0.4) is 0 Å². The van der Waals surface area contributed by atoms with Crippen molar-refractivity contribution in [1.82, 2.24) is 0 Å². The Labute approximate surface area is 125 Å². The Morgan fingerprint density at radius 2 is 1.74 bits per heavy atom. The van der Waals surface area contributed by atoms with E-state index in [-0.39, 0.29) is 4.32 Å². The van der Waals surface area contributed by atoms with Crippen molar-refractivity contribution in [1.29, 1.82) is 0 Å². The third-order valence-corrected chi connectivity index (χ3v) is 7.39. The summed E-state index contributed by atoms with van der Waals surface area (Å²) in [6.45, 7) is 0. The van der Waals surface area contributed by atoms with Gasteiger partial charge in [-0.25, -0.2) is 0 Å². The van der Waals surface area contributed by atoms with Crippen molar-refractivity contribution in [3.8, 4) is 0 Å². The summed E-state index contributed by atoms with van der Waals surface area (Å²) in [6.07, 6.45) is 0.998. The zero-order valence-electron chi connectivity index (χ0n) is 10.2. The Kier molecular flexibility index (Phi) is 2.45. The SMILES string of the molecule is OC1(c2ccccc2)c2ccccc2SC2CC21Br. The van der Waals surface area contributed by atoms with Gasteiger partial charge in [0.25, 0.3) is 0 Å². The number of hydrogen-bond donors (Lipinski definition) is 1. The molecule has 2 aromatic carbocycles. The highest BCUT2D eigenvalue weighted by Gasteiger charge is 2.69. The average molecular weight is 333 g/mol. The molecule has 1 fully saturated rings. The topological polar surface area (TPSA) is 20.2 Å². The van der Waals surface area contributed by atoms with E-state index in [2.05, 4.69) is 22.0 Å². The normalized spacial score (nSPS) is 35.4. The van der Waals surface area contributed by atoms with Crippen molar-refractivity contribution in [3.63, 3.8) is 0 Å². The molecule has 1 N–H and O–H groups in total. The zero-order valence-corrected chi connectivity index (χ0v) is 12.6. The molecule has 4 rings (SSSR count). The Morgan fingerprint density at radius 3 is 2.53 bits per heavy atom. The van der Waals surface area contributed by atoms with E-state index in [4.69, 9.17) is 0 Å². The Balaban J connectivity index is 1.99. The first-order valence-corrected chi connectivity index (χ1v) is 8.06. The maximum absolute atomic E-state index is 11.5. The van der Waals surface area contributed by atoms with Crippen molar-refractivity contribution < 1.29 is 5.11 Å². The summed E-state index contributed by atoms with van der Waals surface area (Å²) in [4.78, 5) is 1.20. The van der Waals surface area contributed by atoms with Crippen molar-refractivity contribution in [2.45, 2.75) is 26.5 Å². The molecular formula is C16H13BrOS. The summed E-state index contributed by atoms with van der Waals surface area (Å²) < 4.78 is -0.222. The summed E-state index contributed by atoms with van der Waals surface area (Å²) in [5.41, 5.74) is 1.07. The lowest BCUT2D eigenvalue weighted by Crippen LogP contribution is -2.43. The summed E-state index contributed by atoms with van der Waals surface area (Å²) in [6, 6.07) is 18.2. The van der Waals surface area contributed by atoms with E-state index in [1.54, 1.807) is 0 Å². The molecule has 2 aromatic rings. The van der Waals surface area contributed by atoms with E-state index in [1.165, 1.54) is 4.90 Å². The van der Waals surface area contributed by atoms with E-state index >= 15 is 0 Å². The molecule has 0 spiro atoms. The van der Waals surface area contributed by atoms with E-state index in [1.807, 2.05) is 60.3 Å². The van der Waals surface area contributed by atoms with Crippen LogP contribution in [-0.4, -0.2) is 14.7 Å². The highest BCUT2D eigenvalue weighted by atomic mass is 79.9. The quantitative estimate of drug-likeness (QED) is 0.798. The molecule has 1 nitrogen and oxygen atoms in total. The summed E-state index contributed by atoms with van der Waals surface area (Å²) >= 11 is 5.70. The number of halogens is 1. The molecule has 19 heavy (non-hydrogen) atoms. The number of thioether (sulfide) groups is 1. The van der Waals surface area contributed by atoms with Crippen LogP contribution >= 0.6 is 27.7 Å². The fourth-order valence-electron chi connectivity index (χ4n) is 3.05. The first kappa shape index (κ1) is 12.0. The molecule has 1 saturated carbocycles. The van der Waals surface area contributed by atoms with Gasteiger partial charge in [0.1, 0.15) is 5.60 Å².